The molecule has 1 heterocycles. The zero-order chi connectivity index (χ0) is 13.8. The molecule has 0 aliphatic rings. The average molecular weight is 256 g/mol. The fourth-order valence-electron chi connectivity index (χ4n) is 2.07. The first-order valence-corrected chi connectivity index (χ1v) is 6.68. The van der Waals surface area contributed by atoms with Crippen LogP contribution in [0.3, 0.4) is 0 Å². The smallest absolute Gasteiger partial charge is 0.153 e. The number of carbonyl (C=O) groups excluding carboxylic acids is 1. The summed E-state index contributed by atoms with van der Waals surface area (Å²) >= 11 is 0. The van der Waals surface area contributed by atoms with Gasteiger partial charge in [0.25, 0.3) is 0 Å². The van der Waals surface area contributed by atoms with E-state index >= 15 is 0 Å². The molecule has 0 N–H and O–H groups in total. The number of fused-ring (bicyclic) bond motifs is 1. The summed E-state index contributed by atoms with van der Waals surface area (Å²) in [6.45, 7) is 5.30. The minimum atomic E-state index is 0.641. The Hall–Kier alpha value is -1.90. The summed E-state index contributed by atoms with van der Waals surface area (Å²) in [6.07, 6.45) is 1.98. The largest absolute Gasteiger partial charge is 0.359 e. The van der Waals surface area contributed by atoms with Crippen molar-refractivity contribution in [3.63, 3.8) is 0 Å². The van der Waals surface area contributed by atoms with Gasteiger partial charge in [0, 0.05) is 19.0 Å². The third kappa shape index (κ3) is 3.11. The number of aromatic nitrogens is 1. The van der Waals surface area contributed by atoms with Crippen molar-refractivity contribution in [1.29, 1.82) is 0 Å². The molecule has 1 aromatic carbocycles. The zero-order valence-electron chi connectivity index (χ0n) is 11.8. The lowest BCUT2D eigenvalue weighted by atomic mass is 10.1. The number of anilines is 1. The van der Waals surface area contributed by atoms with Crippen LogP contribution in [0.4, 0.5) is 5.82 Å². The molecule has 3 heteroatoms. The van der Waals surface area contributed by atoms with Crippen molar-refractivity contribution >= 4 is 23.0 Å². The first-order valence-electron chi connectivity index (χ1n) is 6.68. The van der Waals surface area contributed by atoms with Gasteiger partial charge in [-0.15, -0.1) is 0 Å². The van der Waals surface area contributed by atoms with Gasteiger partial charge in [-0.1, -0.05) is 32.0 Å². The van der Waals surface area contributed by atoms with E-state index in [4.69, 9.17) is 0 Å². The second-order valence-electron chi connectivity index (χ2n) is 5.32. The summed E-state index contributed by atoms with van der Waals surface area (Å²) in [5, 5.41) is 1.01. The van der Waals surface area contributed by atoms with E-state index in [1.54, 1.807) is 0 Å². The molecular formula is C16H20N2O. The van der Waals surface area contributed by atoms with Crippen molar-refractivity contribution in [3.05, 3.63) is 35.9 Å². The van der Waals surface area contributed by atoms with E-state index < -0.39 is 0 Å². The normalized spacial score (nSPS) is 10.9. The van der Waals surface area contributed by atoms with Crippen LogP contribution in [0, 0.1) is 5.92 Å². The SMILES string of the molecule is CC(C)CCN(C)c1nc2ccccc2cc1C=O. The Kier molecular flexibility index (Phi) is 4.15. The van der Waals surface area contributed by atoms with Crippen LogP contribution in [0.25, 0.3) is 10.9 Å². The van der Waals surface area contributed by atoms with E-state index in [0.717, 1.165) is 36.0 Å². The first kappa shape index (κ1) is 13.5. The quantitative estimate of drug-likeness (QED) is 0.767. The van der Waals surface area contributed by atoms with Crippen LogP contribution in [0.2, 0.25) is 0 Å². The van der Waals surface area contributed by atoms with Crippen LogP contribution in [-0.2, 0) is 0 Å². The molecule has 0 unspecified atom stereocenters. The van der Waals surface area contributed by atoms with Gasteiger partial charge in [0.05, 0.1) is 11.1 Å². The molecule has 0 saturated heterocycles. The van der Waals surface area contributed by atoms with Crippen LogP contribution in [0.1, 0.15) is 30.6 Å². The number of hydrogen-bond donors (Lipinski definition) is 0. The van der Waals surface area contributed by atoms with Gasteiger partial charge in [0.15, 0.2) is 6.29 Å². The fourth-order valence-corrected chi connectivity index (χ4v) is 2.07. The molecule has 0 aliphatic carbocycles. The number of rotatable bonds is 5. The number of benzene rings is 1. The molecular weight excluding hydrogens is 236 g/mol. The van der Waals surface area contributed by atoms with Crippen LogP contribution in [0.5, 0.6) is 0 Å². The number of para-hydroxylation sites is 1. The molecule has 0 radical (unpaired) electrons. The van der Waals surface area contributed by atoms with Crippen molar-refractivity contribution in [2.75, 3.05) is 18.5 Å². The maximum Gasteiger partial charge on any atom is 0.153 e. The molecule has 0 amide bonds. The molecule has 0 aliphatic heterocycles. The summed E-state index contributed by atoms with van der Waals surface area (Å²) in [7, 11) is 1.99. The number of nitrogens with zero attached hydrogens (tertiary/aromatic N) is 2. The van der Waals surface area contributed by atoms with Crippen LogP contribution < -0.4 is 4.90 Å². The highest BCUT2D eigenvalue weighted by molar-refractivity contribution is 5.91. The first-order chi connectivity index (χ1) is 9.11. The lowest BCUT2D eigenvalue weighted by Gasteiger charge is -2.21. The molecule has 0 atom stereocenters. The molecule has 2 rings (SSSR count). The standard InChI is InChI=1S/C16H20N2O/c1-12(2)8-9-18(3)16-14(11-19)10-13-6-4-5-7-15(13)17-16/h4-7,10-12H,8-9H2,1-3H3. The van der Waals surface area contributed by atoms with Gasteiger partial charge in [0.1, 0.15) is 5.82 Å². The number of hydrogen-bond acceptors (Lipinski definition) is 3. The minimum absolute atomic E-state index is 0.641. The Morgan fingerprint density at radius 3 is 2.74 bits per heavy atom. The third-order valence-electron chi connectivity index (χ3n) is 3.26. The highest BCUT2D eigenvalue weighted by atomic mass is 16.1. The highest BCUT2D eigenvalue weighted by Crippen LogP contribution is 2.22. The van der Waals surface area contributed by atoms with Gasteiger partial charge in [0.2, 0.25) is 0 Å². The van der Waals surface area contributed by atoms with Crippen LogP contribution in [-0.4, -0.2) is 24.9 Å². The van der Waals surface area contributed by atoms with E-state index in [0.29, 0.717) is 11.5 Å². The number of aldehydes is 1. The summed E-state index contributed by atoms with van der Waals surface area (Å²) in [5.74, 6) is 1.41. The summed E-state index contributed by atoms with van der Waals surface area (Å²) in [6, 6.07) is 9.79. The van der Waals surface area contributed by atoms with E-state index in [9.17, 15) is 4.79 Å². The molecule has 3 nitrogen and oxygen atoms in total. The lowest BCUT2D eigenvalue weighted by molar-refractivity contribution is 0.112. The van der Waals surface area contributed by atoms with Crippen LogP contribution >= 0.6 is 0 Å². The second-order valence-corrected chi connectivity index (χ2v) is 5.32. The Morgan fingerprint density at radius 2 is 2.05 bits per heavy atom. The van der Waals surface area contributed by atoms with Crippen molar-refractivity contribution in [2.24, 2.45) is 5.92 Å². The van der Waals surface area contributed by atoms with Gasteiger partial charge in [-0.3, -0.25) is 4.79 Å². The van der Waals surface area contributed by atoms with Gasteiger partial charge in [-0.2, -0.15) is 0 Å². The lowest BCUT2D eigenvalue weighted by Crippen LogP contribution is -2.22. The van der Waals surface area contributed by atoms with Crippen molar-refractivity contribution in [1.82, 2.24) is 4.98 Å². The van der Waals surface area contributed by atoms with Gasteiger partial charge < -0.3 is 4.90 Å². The van der Waals surface area contributed by atoms with E-state index in [1.165, 1.54) is 0 Å². The zero-order valence-corrected chi connectivity index (χ0v) is 11.8. The number of pyridine rings is 1. The molecule has 0 bridgehead atoms. The van der Waals surface area contributed by atoms with Gasteiger partial charge in [-0.05, 0) is 24.5 Å². The number of carbonyl (C=O) groups is 1. The predicted molar refractivity (Wildman–Crippen MR) is 79.9 cm³/mol. The molecule has 1 aromatic heterocycles. The fraction of sp³-hybridized carbons (Fsp3) is 0.375. The molecule has 0 spiro atoms. The molecule has 19 heavy (non-hydrogen) atoms. The van der Waals surface area contributed by atoms with Crippen molar-refractivity contribution in [3.8, 4) is 0 Å². The van der Waals surface area contributed by atoms with E-state index in [1.807, 2.05) is 37.4 Å². The maximum absolute atomic E-state index is 11.2. The molecule has 2 aromatic rings. The summed E-state index contributed by atoms with van der Waals surface area (Å²) < 4.78 is 0. The van der Waals surface area contributed by atoms with E-state index in [2.05, 4.69) is 23.7 Å². The Morgan fingerprint density at radius 1 is 1.32 bits per heavy atom. The van der Waals surface area contributed by atoms with Gasteiger partial charge >= 0.3 is 0 Å². The maximum atomic E-state index is 11.2. The summed E-state index contributed by atoms with van der Waals surface area (Å²) in [4.78, 5) is 17.9. The minimum Gasteiger partial charge on any atom is -0.359 e. The molecule has 100 valence electrons. The molecule has 0 fully saturated rings. The van der Waals surface area contributed by atoms with Crippen molar-refractivity contribution in [2.45, 2.75) is 20.3 Å². The highest BCUT2D eigenvalue weighted by Gasteiger charge is 2.11. The average Bonchev–Trinajstić information content (AvgIpc) is 2.43. The Balaban J connectivity index is 2.37. The predicted octanol–water partition coefficient (Wildman–Crippen LogP) is 3.53. The summed E-state index contributed by atoms with van der Waals surface area (Å²) in [5.41, 5.74) is 1.59. The Bertz CT molecular complexity index is 578. The topological polar surface area (TPSA) is 33.2 Å². The Labute approximate surface area is 114 Å². The van der Waals surface area contributed by atoms with E-state index in [-0.39, 0.29) is 0 Å². The molecule has 0 saturated carbocycles. The van der Waals surface area contributed by atoms with Crippen LogP contribution in [0.15, 0.2) is 30.3 Å². The van der Waals surface area contributed by atoms with Crippen molar-refractivity contribution < 1.29 is 4.79 Å². The van der Waals surface area contributed by atoms with Gasteiger partial charge in [-0.25, -0.2) is 4.98 Å². The second kappa shape index (κ2) is 5.83. The third-order valence-corrected chi connectivity index (χ3v) is 3.26. The monoisotopic (exact) mass is 256 g/mol.